The number of benzene rings is 1. The van der Waals surface area contributed by atoms with Crippen LogP contribution in [0.3, 0.4) is 0 Å². The summed E-state index contributed by atoms with van der Waals surface area (Å²) >= 11 is -5.30. The van der Waals surface area contributed by atoms with Crippen LogP contribution in [0.2, 0.25) is 12.9 Å². The summed E-state index contributed by atoms with van der Waals surface area (Å²) in [4.78, 5) is 0. The molecule has 1 atom stereocenters. The Morgan fingerprint density at radius 3 is 2.25 bits per heavy atom. The van der Waals surface area contributed by atoms with Crippen LogP contribution >= 0.6 is 17.0 Å². The van der Waals surface area contributed by atoms with Crippen molar-refractivity contribution in [1.29, 1.82) is 0 Å². The summed E-state index contributed by atoms with van der Waals surface area (Å²) in [5, 5.41) is 0. The molecule has 0 heterocycles. The van der Waals surface area contributed by atoms with Crippen molar-refractivity contribution in [2.45, 2.75) is 16.5 Å². The monoisotopic (exact) mass is 384 g/mol. The van der Waals surface area contributed by atoms with Gasteiger partial charge in [-0.25, -0.2) is 0 Å². The van der Waals surface area contributed by atoms with Crippen LogP contribution in [-0.4, -0.2) is 4.21 Å². The van der Waals surface area contributed by atoms with E-state index < -0.39 is 12.9 Å². The summed E-state index contributed by atoms with van der Waals surface area (Å²) in [5.74, 6) is 0. The van der Waals surface area contributed by atoms with E-state index in [2.05, 4.69) is 40.6 Å². The number of rotatable bonds is 2. The second kappa shape index (κ2) is 3.24. The average Bonchev–Trinajstić information content (AvgIpc) is 2.98. The van der Waals surface area contributed by atoms with Crippen LogP contribution < -0.4 is 0 Å². The van der Waals surface area contributed by atoms with Gasteiger partial charge in [-0.15, -0.1) is 0 Å². The maximum absolute atomic E-state index is 7.43. The molecule has 0 radical (unpaired) electrons. The minimum absolute atomic E-state index is 0.00381. The molecule has 0 saturated carbocycles. The number of hydrogen-bond acceptors (Lipinski definition) is 0. The molecule has 0 fully saturated rings. The van der Waals surface area contributed by atoms with Crippen LogP contribution in [0.5, 0.6) is 0 Å². The van der Waals surface area contributed by atoms with E-state index in [0.717, 1.165) is 0 Å². The molecular weight excluding hydrogens is 366 g/mol. The van der Waals surface area contributed by atoms with Crippen molar-refractivity contribution in [2.75, 3.05) is 0 Å². The number of fused-ring (bicyclic) bond motifs is 1. The van der Waals surface area contributed by atoms with Crippen LogP contribution in [0, 0.1) is 0 Å². The van der Waals surface area contributed by atoms with Crippen molar-refractivity contribution in [3.8, 4) is 0 Å². The van der Waals surface area contributed by atoms with Gasteiger partial charge in [0.1, 0.15) is 0 Å². The summed E-state index contributed by atoms with van der Waals surface area (Å²) in [7, 11) is 14.9. The maximum atomic E-state index is 7.43. The molecule has 0 aliphatic heterocycles. The predicted molar refractivity (Wildman–Crippen MR) is 90.8 cm³/mol. The quantitative estimate of drug-likeness (QED) is 0.562. The first kappa shape index (κ1) is 14.7. The summed E-state index contributed by atoms with van der Waals surface area (Å²) in [6, 6.07) is 8.31. The van der Waals surface area contributed by atoms with E-state index in [-0.39, 0.29) is 7.25 Å². The fourth-order valence-electron chi connectivity index (χ4n) is 3.68. The van der Waals surface area contributed by atoms with E-state index in [1.54, 1.807) is 0 Å². The van der Waals surface area contributed by atoms with Gasteiger partial charge in [-0.3, -0.25) is 0 Å². The molecule has 1 unspecified atom stereocenters. The fraction of sp³-hybridized carbons (Fsp3) is 0.235. The molecule has 2 aliphatic rings. The van der Waals surface area contributed by atoms with Gasteiger partial charge < -0.3 is 0 Å². The minimum atomic E-state index is -5.30. The second-order valence-corrected chi connectivity index (χ2v) is 54.0. The zero-order valence-electron chi connectivity index (χ0n) is 11.9. The Hall–Kier alpha value is -0.227. The van der Waals surface area contributed by atoms with Gasteiger partial charge in [0.15, 0.2) is 0 Å². The van der Waals surface area contributed by atoms with Gasteiger partial charge in [-0.2, -0.15) is 0 Å². The summed E-state index contributed by atoms with van der Waals surface area (Å²) < 4.78 is 8.66. The van der Waals surface area contributed by atoms with Crippen molar-refractivity contribution in [3.63, 3.8) is 0 Å². The number of allylic oxidation sites excluding steroid dienone is 5. The van der Waals surface area contributed by atoms with E-state index in [1.807, 2.05) is 33.5 Å². The van der Waals surface area contributed by atoms with E-state index in [4.69, 9.17) is 17.0 Å². The van der Waals surface area contributed by atoms with Crippen LogP contribution in [0.4, 0.5) is 0 Å². The molecule has 2 aliphatic carbocycles. The van der Waals surface area contributed by atoms with Crippen LogP contribution in [0.1, 0.15) is 14.8 Å². The van der Waals surface area contributed by atoms with Crippen LogP contribution in [0.15, 0.2) is 54.6 Å². The molecule has 106 valence electrons. The summed E-state index contributed by atoms with van der Waals surface area (Å²) in [6.45, 7) is 0. The molecule has 0 aromatic heterocycles. The molecular formula is C17H20Cl2Zr. The van der Waals surface area contributed by atoms with E-state index in [0.29, 0.717) is 0 Å². The third-order valence-corrected chi connectivity index (χ3v) is 25.9. The van der Waals surface area contributed by atoms with Crippen molar-refractivity contribution in [2.24, 2.45) is 0 Å². The Kier molecular flexibility index (Phi) is 2.38. The molecule has 1 aromatic rings. The van der Waals surface area contributed by atoms with E-state index >= 15 is 0 Å². The third kappa shape index (κ3) is 1.94. The topological polar surface area (TPSA) is 0 Å². The number of halogens is 2. The Balaban J connectivity index is 2.33. The normalized spacial score (nSPS) is 26.8. The van der Waals surface area contributed by atoms with Gasteiger partial charge in [-0.05, 0) is 0 Å². The molecule has 0 bridgehead atoms. The molecule has 0 spiro atoms. The third-order valence-electron chi connectivity index (χ3n) is 5.15. The van der Waals surface area contributed by atoms with Crippen molar-refractivity contribution >= 4 is 27.3 Å². The molecule has 0 N–H and O–H groups in total. The molecule has 3 heteroatoms. The summed E-state index contributed by atoms with van der Waals surface area (Å²) in [6.07, 6.45) is 12.5. The Morgan fingerprint density at radius 1 is 1.00 bits per heavy atom. The molecule has 0 amide bonds. The zero-order chi connectivity index (χ0) is 14.8. The first-order valence-electron chi connectivity index (χ1n) is 7.05. The van der Waals surface area contributed by atoms with Gasteiger partial charge in [0.2, 0.25) is 0 Å². The number of hydrogen-bond donors (Lipinski definition) is 0. The Bertz CT molecular complexity index is 785. The average molecular weight is 386 g/mol. The zero-order valence-corrected chi connectivity index (χ0v) is 15.9. The van der Waals surface area contributed by atoms with Crippen LogP contribution in [0.25, 0.3) is 6.08 Å². The van der Waals surface area contributed by atoms with E-state index in [1.165, 1.54) is 11.1 Å². The predicted octanol–water partition coefficient (Wildman–Crippen LogP) is 6.27. The molecule has 0 nitrogen and oxygen atoms in total. The van der Waals surface area contributed by atoms with Gasteiger partial charge in [0.25, 0.3) is 0 Å². The molecule has 1 aromatic carbocycles. The van der Waals surface area contributed by atoms with Gasteiger partial charge in [0, 0.05) is 0 Å². The Morgan fingerprint density at radius 2 is 1.60 bits per heavy atom. The van der Waals surface area contributed by atoms with Crippen molar-refractivity contribution in [3.05, 3.63) is 65.8 Å². The molecule has 0 saturated heterocycles. The van der Waals surface area contributed by atoms with Gasteiger partial charge >= 0.3 is 123 Å². The van der Waals surface area contributed by atoms with Crippen molar-refractivity contribution in [1.82, 2.24) is 0 Å². The van der Waals surface area contributed by atoms with Gasteiger partial charge in [-0.1, -0.05) is 0 Å². The molecule has 3 rings (SSSR count). The van der Waals surface area contributed by atoms with Crippen molar-refractivity contribution < 1.29 is 12.9 Å². The fourth-order valence-corrected chi connectivity index (χ4v) is 18.9. The standard InChI is InChI=1S/C9H7.C5H5.2CH3.CH2.2ClH.Zr/c1-2-5-9-7-3-6-8(9)4-1;1-2-4-5-3-1;;;;;;/h1-7H;1-5H;2*1H3;1H2;2*1H;/q;;;;;;;+2/p-2. The summed E-state index contributed by atoms with van der Waals surface area (Å²) in [5.41, 5.74) is 2.40. The second-order valence-electron chi connectivity index (χ2n) is 8.23. The first-order chi connectivity index (χ1) is 8.94. The van der Waals surface area contributed by atoms with Crippen LogP contribution in [-0.2, 0) is 12.9 Å². The SMILES string of the molecule is [CH2]=[Zr]([CH3])([CH3])([Cl])([Cl])([CH]1C=CC=C1)[CH]1C=Cc2ccccc21. The van der Waals surface area contributed by atoms with Gasteiger partial charge in [0.05, 0.1) is 0 Å². The Labute approximate surface area is 121 Å². The molecule has 20 heavy (non-hydrogen) atoms. The van der Waals surface area contributed by atoms with E-state index in [9.17, 15) is 0 Å². The first-order valence-corrected chi connectivity index (χ1v) is 22.9.